The molecule has 0 heterocycles. The van der Waals surface area contributed by atoms with Crippen molar-refractivity contribution < 1.29 is 13.2 Å². The quantitative estimate of drug-likeness (QED) is 0.444. The number of carbonyl (C=O) groups is 1. The summed E-state index contributed by atoms with van der Waals surface area (Å²) < 4.78 is 27.7. The van der Waals surface area contributed by atoms with Crippen LogP contribution in [0, 0.1) is 13.8 Å². The van der Waals surface area contributed by atoms with Gasteiger partial charge in [-0.25, -0.2) is 8.42 Å². The number of amides is 1. The van der Waals surface area contributed by atoms with E-state index in [0.717, 1.165) is 17.1 Å². The molecule has 0 spiro atoms. The van der Waals surface area contributed by atoms with E-state index in [1.165, 1.54) is 27.6 Å². The lowest BCUT2D eigenvalue weighted by atomic mass is 10.2. The summed E-state index contributed by atoms with van der Waals surface area (Å²) in [5, 5.41) is 2.85. The molecule has 0 unspecified atom stereocenters. The lowest BCUT2D eigenvalue weighted by Gasteiger charge is -2.24. The number of thioether (sulfide) groups is 1. The first-order valence-electron chi connectivity index (χ1n) is 10.4. The minimum atomic E-state index is -3.87. The van der Waals surface area contributed by atoms with Crippen LogP contribution in [-0.4, -0.2) is 33.2 Å². The predicted octanol–water partition coefficient (Wildman–Crippen LogP) is 4.55. The van der Waals surface area contributed by atoms with Crippen LogP contribution in [0.3, 0.4) is 0 Å². The van der Waals surface area contributed by atoms with Crippen molar-refractivity contribution in [3.05, 3.63) is 95.6 Å². The summed E-state index contributed by atoms with van der Waals surface area (Å²) in [5.74, 6) is 1.28. The SMILES string of the molecule is Cc1cccc(CSCCNC(=O)CN(c2cccc(C)c2)S(=O)(=O)c2ccccc2)c1. The van der Waals surface area contributed by atoms with E-state index in [2.05, 4.69) is 30.4 Å². The van der Waals surface area contributed by atoms with Gasteiger partial charge in [-0.1, -0.05) is 60.2 Å². The Kier molecular flexibility index (Phi) is 8.36. The van der Waals surface area contributed by atoms with Gasteiger partial charge in [0.25, 0.3) is 10.0 Å². The van der Waals surface area contributed by atoms with E-state index in [-0.39, 0.29) is 17.3 Å². The lowest BCUT2D eigenvalue weighted by Crippen LogP contribution is -2.41. The van der Waals surface area contributed by atoms with E-state index >= 15 is 0 Å². The minimum Gasteiger partial charge on any atom is -0.354 e. The van der Waals surface area contributed by atoms with Crippen molar-refractivity contribution in [2.24, 2.45) is 0 Å². The Bertz CT molecular complexity index is 1150. The van der Waals surface area contributed by atoms with Crippen molar-refractivity contribution in [2.45, 2.75) is 24.5 Å². The minimum absolute atomic E-state index is 0.156. The van der Waals surface area contributed by atoms with Crippen LogP contribution in [0.25, 0.3) is 0 Å². The molecule has 0 aliphatic heterocycles. The van der Waals surface area contributed by atoms with Crippen molar-refractivity contribution in [3.8, 4) is 0 Å². The molecule has 0 saturated carbocycles. The normalized spacial score (nSPS) is 11.2. The van der Waals surface area contributed by atoms with Crippen LogP contribution in [-0.2, 0) is 20.6 Å². The molecule has 0 radical (unpaired) electrons. The van der Waals surface area contributed by atoms with Crippen LogP contribution in [0.1, 0.15) is 16.7 Å². The van der Waals surface area contributed by atoms with Gasteiger partial charge in [-0.3, -0.25) is 9.10 Å². The van der Waals surface area contributed by atoms with Crippen LogP contribution in [0.2, 0.25) is 0 Å². The second-order valence-corrected chi connectivity index (χ2v) is 10.5. The van der Waals surface area contributed by atoms with Gasteiger partial charge in [0.05, 0.1) is 10.6 Å². The molecular weight excluding hydrogens is 440 g/mol. The largest absolute Gasteiger partial charge is 0.354 e. The van der Waals surface area contributed by atoms with Gasteiger partial charge in [-0.05, 0) is 49.2 Å². The van der Waals surface area contributed by atoms with Gasteiger partial charge in [-0.2, -0.15) is 11.8 Å². The van der Waals surface area contributed by atoms with Gasteiger partial charge in [0.1, 0.15) is 6.54 Å². The monoisotopic (exact) mass is 468 g/mol. The molecule has 32 heavy (non-hydrogen) atoms. The number of benzene rings is 3. The van der Waals surface area contributed by atoms with Gasteiger partial charge in [0, 0.05) is 18.1 Å². The van der Waals surface area contributed by atoms with Crippen LogP contribution < -0.4 is 9.62 Å². The average molecular weight is 469 g/mol. The molecule has 7 heteroatoms. The number of hydrogen-bond acceptors (Lipinski definition) is 4. The number of hydrogen-bond donors (Lipinski definition) is 1. The van der Waals surface area contributed by atoms with Gasteiger partial charge in [0.15, 0.2) is 0 Å². The van der Waals surface area contributed by atoms with Crippen molar-refractivity contribution in [1.29, 1.82) is 0 Å². The van der Waals surface area contributed by atoms with Crippen molar-refractivity contribution in [2.75, 3.05) is 23.1 Å². The fourth-order valence-electron chi connectivity index (χ4n) is 3.26. The fourth-order valence-corrected chi connectivity index (χ4v) is 5.50. The molecule has 0 bridgehead atoms. The summed E-state index contributed by atoms with van der Waals surface area (Å²) in [6.45, 7) is 4.16. The molecule has 1 N–H and O–H groups in total. The predicted molar refractivity (Wildman–Crippen MR) is 133 cm³/mol. The van der Waals surface area contributed by atoms with Gasteiger partial charge in [0.2, 0.25) is 5.91 Å². The van der Waals surface area contributed by atoms with Crippen LogP contribution in [0.15, 0.2) is 83.8 Å². The van der Waals surface area contributed by atoms with Crippen LogP contribution >= 0.6 is 11.8 Å². The highest BCUT2D eigenvalue weighted by Gasteiger charge is 2.27. The zero-order chi connectivity index (χ0) is 23.0. The molecule has 3 aromatic rings. The Morgan fingerprint density at radius 1 is 0.906 bits per heavy atom. The highest BCUT2D eigenvalue weighted by atomic mass is 32.2. The topological polar surface area (TPSA) is 66.5 Å². The molecule has 1 amide bonds. The summed E-state index contributed by atoms with van der Waals surface area (Å²) in [4.78, 5) is 12.8. The highest BCUT2D eigenvalue weighted by molar-refractivity contribution is 7.98. The van der Waals surface area contributed by atoms with Gasteiger partial charge in [-0.15, -0.1) is 0 Å². The summed E-state index contributed by atoms with van der Waals surface area (Å²) in [7, 11) is -3.87. The number of nitrogens with zero attached hydrogens (tertiary/aromatic N) is 1. The Balaban J connectivity index is 1.62. The number of aryl methyl sites for hydroxylation is 2. The molecule has 168 valence electrons. The molecule has 0 aromatic heterocycles. The van der Waals surface area contributed by atoms with Crippen molar-refractivity contribution in [1.82, 2.24) is 5.32 Å². The maximum absolute atomic E-state index is 13.3. The van der Waals surface area contributed by atoms with E-state index < -0.39 is 10.0 Å². The second kappa shape index (κ2) is 11.2. The first-order valence-corrected chi connectivity index (χ1v) is 13.0. The molecule has 3 aromatic carbocycles. The number of nitrogens with one attached hydrogen (secondary N) is 1. The molecule has 0 atom stereocenters. The Hall–Kier alpha value is -2.77. The molecular formula is C25H28N2O3S2. The molecule has 3 rings (SSSR count). The fraction of sp³-hybridized carbons (Fsp3) is 0.240. The number of sulfonamides is 1. The Morgan fingerprint density at radius 2 is 1.59 bits per heavy atom. The molecule has 0 saturated heterocycles. The Morgan fingerprint density at radius 3 is 2.28 bits per heavy atom. The third kappa shape index (κ3) is 6.61. The number of rotatable bonds is 10. The molecule has 0 aliphatic rings. The van der Waals surface area contributed by atoms with E-state index in [4.69, 9.17) is 0 Å². The van der Waals surface area contributed by atoms with Gasteiger partial charge < -0.3 is 5.32 Å². The van der Waals surface area contributed by atoms with Crippen LogP contribution in [0.5, 0.6) is 0 Å². The summed E-state index contributed by atoms with van der Waals surface area (Å²) in [5.41, 5.74) is 3.87. The Labute approximate surface area is 194 Å². The standard InChI is InChI=1S/C25H28N2O3S2/c1-20-8-6-10-22(16-20)19-31-15-14-26-25(28)18-27(23-11-7-9-21(2)17-23)32(29,30)24-12-4-3-5-13-24/h3-13,16-17H,14-15,18-19H2,1-2H3,(H,26,28). The van der Waals surface area contributed by atoms with Gasteiger partial charge >= 0.3 is 0 Å². The van der Waals surface area contributed by atoms with E-state index in [1.807, 2.05) is 19.1 Å². The zero-order valence-electron chi connectivity index (χ0n) is 18.3. The van der Waals surface area contributed by atoms with E-state index in [1.54, 1.807) is 48.2 Å². The van der Waals surface area contributed by atoms with E-state index in [9.17, 15) is 13.2 Å². The summed E-state index contributed by atoms with van der Waals surface area (Å²) >= 11 is 1.73. The maximum atomic E-state index is 13.3. The molecule has 5 nitrogen and oxygen atoms in total. The third-order valence-electron chi connectivity index (χ3n) is 4.83. The second-order valence-electron chi connectivity index (χ2n) is 7.56. The van der Waals surface area contributed by atoms with Crippen molar-refractivity contribution >= 4 is 33.4 Å². The number of carbonyl (C=O) groups excluding carboxylic acids is 1. The summed E-state index contributed by atoms with van der Waals surface area (Å²) in [6, 6.07) is 23.7. The zero-order valence-corrected chi connectivity index (χ0v) is 20.0. The molecule has 0 fully saturated rings. The van der Waals surface area contributed by atoms with Crippen molar-refractivity contribution in [3.63, 3.8) is 0 Å². The van der Waals surface area contributed by atoms with Crippen LogP contribution in [0.4, 0.5) is 5.69 Å². The first-order chi connectivity index (χ1) is 15.4. The average Bonchev–Trinajstić information content (AvgIpc) is 2.78. The number of anilines is 1. The summed E-state index contributed by atoms with van der Waals surface area (Å²) in [6.07, 6.45) is 0. The molecule has 0 aliphatic carbocycles. The maximum Gasteiger partial charge on any atom is 0.264 e. The third-order valence-corrected chi connectivity index (χ3v) is 7.65. The van der Waals surface area contributed by atoms with E-state index in [0.29, 0.717) is 12.2 Å². The smallest absolute Gasteiger partial charge is 0.264 e. The first kappa shape index (κ1) is 23.9. The lowest BCUT2D eigenvalue weighted by molar-refractivity contribution is -0.119. The highest BCUT2D eigenvalue weighted by Crippen LogP contribution is 2.24.